The van der Waals surface area contributed by atoms with Gasteiger partial charge >= 0.3 is 0 Å². The highest BCUT2D eigenvalue weighted by Crippen LogP contribution is 2.49. The van der Waals surface area contributed by atoms with E-state index in [0.717, 1.165) is 48.5 Å². The van der Waals surface area contributed by atoms with E-state index in [-0.39, 0.29) is 5.91 Å². The van der Waals surface area contributed by atoms with Gasteiger partial charge in [0.2, 0.25) is 0 Å². The molecule has 0 unspecified atom stereocenters. The van der Waals surface area contributed by atoms with Gasteiger partial charge in [0.1, 0.15) is 22.7 Å². The average molecular weight is 445 g/mol. The molecule has 2 saturated heterocycles. The lowest BCUT2D eigenvalue weighted by Gasteiger charge is -2.44. The second-order valence-electron chi connectivity index (χ2n) is 9.18. The Morgan fingerprint density at radius 3 is 2.64 bits per heavy atom. The molecule has 0 atom stereocenters. The normalized spacial score (nSPS) is 19.2. The summed E-state index contributed by atoms with van der Waals surface area (Å²) >= 11 is 0. The molecule has 5 heterocycles. The van der Waals surface area contributed by atoms with Crippen LogP contribution in [0.4, 0.5) is 0 Å². The highest BCUT2D eigenvalue weighted by atomic mass is 16.5. The molecule has 3 aliphatic heterocycles. The number of amides is 1. The van der Waals surface area contributed by atoms with Gasteiger partial charge in [0.15, 0.2) is 0 Å². The fourth-order valence-corrected chi connectivity index (χ4v) is 5.35. The average Bonchev–Trinajstić information content (AvgIpc) is 3.54. The summed E-state index contributed by atoms with van der Waals surface area (Å²) in [7, 11) is 0. The van der Waals surface area contributed by atoms with Crippen LogP contribution < -0.4 is 4.74 Å². The van der Waals surface area contributed by atoms with Crippen molar-refractivity contribution in [3.05, 3.63) is 60.3 Å². The molecule has 0 N–H and O–H groups in total. The van der Waals surface area contributed by atoms with Gasteiger partial charge in [0.05, 0.1) is 12.7 Å². The zero-order valence-electron chi connectivity index (χ0n) is 18.7. The number of carbonyl (C=O) groups is 1. The summed E-state index contributed by atoms with van der Waals surface area (Å²) in [6.07, 6.45) is 10.9. The SMILES string of the molecule is O=C(c1cnccn1)N1CCC2(CC1)Oc1ccccc1-c1nn(CCN3CCCC3)cc12. The number of piperidine rings is 1. The molecule has 6 rings (SSSR count). The van der Waals surface area contributed by atoms with Crippen molar-refractivity contribution in [1.82, 2.24) is 29.5 Å². The van der Waals surface area contributed by atoms with Crippen molar-refractivity contribution in [1.29, 1.82) is 0 Å². The number of carbonyl (C=O) groups excluding carboxylic acids is 1. The van der Waals surface area contributed by atoms with E-state index in [1.165, 1.54) is 32.1 Å². The molecular weight excluding hydrogens is 416 g/mol. The van der Waals surface area contributed by atoms with Gasteiger partial charge in [-0.05, 0) is 38.1 Å². The second-order valence-corrected chi connectivity index (χ2v) is 9.18. The molecule has 8 nitrogen and oxygen atoms in total. The van der Waals surface area contributed by atoms with E-state index in [4.69, 9.17) is 9.84 Å². The lowest BCUT2D eigenvalue weighted by molar-refractivity contribution is -0.00186. The quantitative estimate of drug-likeness (QED) is 0.616. The first kappa shape index (κ1) is 20.4. The topological polar surface area (TPSA) is 76.4 Å². The molecule has 33 heavy (non-hydrogen) atoms. The standard InChI is InChI=1S/C25H28N6O2/c32-24(21-17-26-9-10-27-21)30-13-7-25(8-14-30)20-18-31(16-15-29-11-3-4-12-29)28-23(20)19-5-1-2-6-22(19)33-25/h1-2,5-6,9-10,17-18H,3-4,7-8,11-16H2. The summed E-state index contributed by atoms with van der Waals surface area (Å²) in [6, 6.07) is 8.16. The number of benzene rings is 1. The van der Waals surface area contributed by atoms with Crippen LogP contribution in [-0.4, -0.2) is 68.2 Å². The van der Waals surface area contributed by atoms with Crippen LogP contribution in [0, 0.1) is 0 Å². The Labute approximate surface area is 193 Å². The maximum atomic E-state index is 12.9. The Bertz CT molecular complexity index is 1150. The van der Waals surface area contributed by atoms with Gasteiger partial charge in [0, 0.05) is 62.2 Å². The summed E-state index contributed by atoms with van der Waals surface area (Å²) in [5, 5.41) is 5.02. The maximum absolute atomic E-state index is 12.9. The zero-order chi connectivity index (χ0) is 22.3. The van der Waals surface area contributed by atoms with Crippen LogP contribution in [0.1, 0.15) is 41.7 Å². The molecule has 0 bridgehead atoms. The minimum atomic E-state index is -0.464. The summed E-state index contributed by atoms with van der Waals surface area (Å²) in [4.78, 5) is 25.5. The molecular formula is C25H28N6O2. The molecule has 0 saturated carbocycles. The molecule has 170 valence electrons. The van der Waals surface area contributed by atoms with Crippen molar-refractivity contribution in [2.24, 2.45) is 0 Å². The van der Waals surface area contributed by atoms with Crippen LogP contribution in [0.5, 0.6) is 5.75 Å². The molecule has 1 amide bonds. The number of fused-ring (bicyclic) bond motifs is 4. The number of likely N-dealkylation sites (tertiary alicyclic amines) is 2. The monoisotopic (exact) mass is 444 g/mol. The Balaban J connectivity index is 1.26. The molecule has 3 aliphatic rings. The van der Waals surface area contributed by atoms with E-state index in [1.54, 1.807) is 12.4 Å². The predicted molar refractivity (Wildman–Crippen MR) is 123 cm³/mol. The summed E-state index contributed by atoms with van der Waals surface area (Å²) < 4.78 is 8.77. The number of hydrogen-bond acceptors (Lipinski definition) is 6. The van der Waals surface area contributed by atoms with Crippen LogP contribution >= 0.6 is 0 Å². The predicted octanol–water partition coefficient (Wildman–Crippen LogP) is 2.96. The lowest BCUT2D eigenvalue weighted by atomic mass is 9.81. The zero-order valence-corrected chi connectivity index (χ0v) is 18.7. The van der Waals surface area contributed by atoms with Crippen LogP contribution in [-0.2, 0) is 12.1 Å². The van der Waals surface area contributed by atoms with E-state index in [0.29, 0.717) is 18.8 Å². The van der Waals surface area contributed by atoms with E-state index in [9.17, 15) is 4.79 Å². The molecule has 8 heteroatoms. The molecule has 0 aliphatic carbocycles. The summed E-state index contributed by atoms with van der Waals surface area (Å²) in [5.41, 5.74) is 3.14. The summed E-state index contributed by atoms with van der Waals surface area (Å²) in [6.45, 7) is 5.49. The van der Waals surface area contributed by atoms with Gasteiger partial charge in [-0.1, -0.05) is 12.1 Å². The highest BCUT2D eigenvalue weighted by molar-refractivity contribution is 5.92. The van der Waals surface area contributed by atoms with Gasteiger partial charge in [-0.25, -0.2) is 4.98 Å². The molecule has 3 aromatic rings. The van der Waals surface area contributed by atoms with E-state index >= 15 is 0 Å². The summed E-state index contributed by atoms with van der Waals surface area (Å²) in [5.74, 6) is 0.805. The van der Waals surface area contributed by atoms with E-state index in [2.05, 4.69) is 31.8 Å². The van der Waals surface area contributed by atoms with Crippen LogP contribution in [0.3, 0.4) is 0 Å². The van der Waals surface area contributed by atoms with Crippen molar-refractivity contribution in [3.63, 3.8) is 0 Å². The van der Waals surface area contributed by atoms with Gasteiger partial charge in [0.25, 0.3) is 5.91 Å². The minimum absolute atomic E-state index is 0.0734. The van der Waals surface area contributed by atoms with Gasteiger partial charge in [-0.15, -0.1) is 0 Å². The molecule has 1 aromatic carbocycles. The van der Waals surface area contributed by atoms with Crippen LogP contribution in [0.2, 0.25) is 0 Å². The number of rotatable bonds is 4. The van der Waals surface area contributed by atoms with E-state index < -0.39 is 5.60 Å². The van der Waals surface area contributed by atoms with Crippen molar-refractivity contribution < 1.29 is 9.53 Å². The molecule has 1 spiro atoms. The van der Waals surface area contributed by atoms with Gasteiger partial charge in [-0.3, -0.25) is 14.5 Å². The second kappa shape index (κ2) is 8.26. The number of nitrogens with zero attached hydrogens (tertiary/aromatic N) is 6. The molecule has 0 radical (unpaired) electrons. The fraction of sp³-hybridized carbons (Fsp3) is 0.440. The van der Waals surface area contributed by atoms with Crippen LogP contribution in [0.25, 0.3) is 11.3 Å². The smallest absolute Gasteiger partial charge is 0.274 e. The number of para-hydroxylation sites is 1. The third-order valence-corrected chi connectivity index (χ3v) is 7.18. The lowest BCUT2D eigenvalue weighted by Crippen LogP contribution is -2.49. The third kappa shape index (κ3) is 3.68. The minimum Gasteiger partial charge on any atom is -0.482 e. The first-order valence-corrected chi connectivity index (χ1v) is 11.9. The number of aromatic nitrogens is 4. The Morgan fingerprint density at radius 1 is 1.03 bits per heavy atom. The number of hydrogen-bond donors (Lipinski definition) is 0. The fourth-order valence-electron chi connectivity index (χ4n) is 5.35. The third-order valence-electron chi connectivity index (χ3n) is 7.18. The van der Waals surface area contributed by atoms with Gasteiger partial charge < -0.3 is 14.5 Å². The largest absolute Gasteiger partial charge is 0.482 e. The molecule has 2 fully saturated rings. The Hall–Kier alpha value is -3.26. The van der Waals surface area contributed by atoms with Crippen molar-refractivity contribution >= 4 is 5.91 Å². The van der Waals surface area contributed by atoms with Gasteiger partial charge in [-0.2, -0.15) is 5.10 Å². The Morgan fingerprint density at radius 2 is 1.85 bits per heavy atom. The van der Waals surface area contributed by atoms with Crippen molar-refractivity contribution in [3.8, 4) is 17.0 Å². The number of ether oxygens (including phenoxy) is 1. The van der Waals surface area contributed by atoms with Crippen molar-refractivity contribution in [2.45, 2.75) is 37.8 Å². The first-order valence-electron chi connectivity index (χ1n) is 11.9. The first-order chi connectivity index (χ1) is 16.2. The maximum Gasteiger partial charge on any atom is 0.274 e. The highest BCUT2D eigenvalue weighted by Gasteiger charge is 2.46. The van der Waals surface area contributed by atoms with E-state index in [1.807, 2.05) is 23.1 Å². The van der Waals surface area contributed by atoms with Crippen LogP contribution in [0.15, 0.2) is 49.1 Å². The van der Waals surface area contributed by atoms with Crippen molar-refractivity contribution in [2.75, 3.05) is 32.7 Å². The molecule has 2 aromatic heterocycles. The Kier molecular flexibility index (Phi) is 5.10.